The van der Waals surface area contributed by atoms with E-state index in [1.165, 1.54) is 11.1 Å². The molecule has 0 saturated carbocycles. The Morgan fingerprint density at radius 2 is 1.18 bits per heavy atom. The molecule has 0 radical (unpaired) electrons. The van der Waals surface area contributed by atoms with Gasteiger partial charge in [0.05, 0.1) is 14.2 Å². The molecule has 0 aliphatic rings. The summed E-state index contributed by atoms with van der Waals surface area (Å²) in [7, 11) is 3.39. The van der Waals surface area contributed by atoms with E-state index in [0.29, 0.717) is 23.6 Å². The first-order valence-corrected chi connectivity index (χ1v) is 10.9. The van der Waals surface area contributed by atoms with Gasteiger partial charge < -0.3 is 14.4 Å². The largest absolute Gasteiger partial charge is 0.497 e. The minimum Gasteiger partial charge on any atom is -0.497 e. The highest BCUT2D eigenvalue weighted by Crippen LogP contribution is 2.37. The van der Waals surface area contributed by atoms with Gasteiger partial charge in [-0.1, -0.05) is 31.2 Å². The predicted octanol–water partition coefficient (Wildman–Crippen LogP) is 5.76. The molecule has 0 fully saturated rings. The minimum absolute atomic E-state index is 0.329. The number of alkyl halides is 2. The standard InChI is InChI=1S/C23H31Cl2NO2/c1-4-22(18-5-9-20(27-2)10-6-18)23(17-26(15-13-24)16-14-25)19-7-11-21(28-3)12-8-19/h5-12,22-23H,4,13-17H2,1-3H3/t22-,23-/m1/s1. The lowest BCUT2D eigenvalue weighted by Crippen LogP contribution is -2.34. The number of benzene rings is 2. The van der Waals surface area contributed by atoms with Crippen molar-refractivity contribution >= 4 is 23.2 Å². The van der Waals surface area contributed by atoms with E-state index in [-0.39, 0.29) is 0 Å². The Bertz CT molecular complexity index is 670. The molecule has 0 heterocycles. The van der Waals surface area contributed by atoms with Gasteiger partial charge in [0.15, 0.2) is 0 Å². The van der Waals surface area contributed by atoms with Crippen LogP contribution in [0, 0.1) is 0 Å². The van der Waals surface area contributed by atoms with Gasteiger partial charge in [0.2, 0.25) is 0 Å². The summed E-state index contributed by atoms with van der Waals surface area (Å²) in [6, 6.07) is 16.9. The molecule has 0 unspecified atom stereocenters. The molecule has 3 nitrogen and oxygen atoms in total. The van der Waals surface area contributed by atoms with Crippen LogP contribution in [0.15, 0.2) is 48.5 Å². The Labute approximate surface area is 179 Å². The number of ether oxygens (including phenoxy) is 2. The lowest BCUT2D eigenvalue weighted by Gasteiger charge is -2.32. The molecule has 0 spiro atoms. The molecule has 2 aromatic rings. The second-order valence-corrected chi connectivity index (χ2v) is 7.60. The molecule has 0 amide bonds. The van der Waals surface area contributed by atoms with E-state index < -0.39 is 0 Å². The monoisotopic (exact) mass is 423 g/mol. The van der Waals surface area contributed by atoms with Crippen LogP contribution in [0.25, 0.3) is 0 Å². The van der Waals surface area contributed by atoms with Crippen molar-refractivity contribution in [3.8, 4) is 11.5 Å². The molecule has 0 saturated heterocycles. The van der Waals surface area contributed by atoms with Gasteiger partial charge in [-0.15, -0.1) is 23.2 Å². The van der Waals surface area contributed by atoms with Gasteiger partial charge in [-0.2, -0.15) is 0 Å². The Balaban J connectivity index is 2.37. The molecule has 0 bridgehead atoms. The third-order valence-electron chi connectivity index (χ3n) is 5.27. The summed E-state index contributed by atoms with van der Waals surface area (Å²) >= 11 is 12.1. The number of hydrogen-bond donors (Lipinski definition) is 0. The van der Waals surface area contributed by atoms with Crippen LogP contribution in [0.5, 0.6) is 11.5 Å². The molecule has 0 aromatic heterocycles. The van der Waals surface area contributed by atoms with Crippen LogP contribution in [-0.4, -0.2) is 50.5 Å². The van der Waals surface area contributed by atoms with E-state index >= 15 is 0 Å². The summed E-state index contributed by atoms with van der Waals surface area (Å²) in [6.45, 7) is 4.83. The van der Waals surface area contributed by atoms with Crippen LogP contribution in [0.1, 0.15) is 36.3 Å². The first-order chi connectivity index (χ1) is 13.7. The summed E-state index contributed by atoms with van der Waals surface area (Å²) in [5.41, 5.74) is 2.62. The van der Waals surface area contributed by atoms with E-state index in [2.05, 4.69) is 36.1 Å². The molecule has 28 heavy (non-hydrogen) atoms. The van der Waals surface area contributed by atoms with Gasteiger partial charge in [0, 0.05) is 37.3 Å². The van der Waals surface area contributed by atoms with Gasteiger partial charge in [-0.05, 0) is 47.7 Å². The molecular formula is C23H31Cl2NO2. The van der Waals surface area contributed by atoms with Crippen LogP contribution in [-0.2, 0) is 0 Å². The number of rotatable bonds is 12. The Kier molecular flexibility index (Phi) is 9.97. The average Bonchev–Trinajstić information content (AvgIpc) is 2.74. The maximum atomic E-state index is 6.05. The number of methoxy groups -OCH3 is 2. The maximum Gasteiger partial charge on any atom is 0.118 e. The summed E-state index contributed by atoms with van der Waals surface area (Å²) in [5.74, 6) is 3.67. The Hall–Kier alpha value is -1.42. The zero-order valence-electron chi connectivity index (χ0n) is 17.0. The highest BCUT2D eigenvalue weighted by atomic mass is 35.5. The zero-order chi connectivity index (χ0) is 20.4. The van der Waals surface area contributed by atoms with E-state index in [1.54, 1.807) is 14.2 Å². The van der Waals surface area contributed by atoms with E-state index in [0.717, 1.165) is 37.6 Å². The van der Waals surface area contributed by atoms with Crippen molar-refractivity contribution in [2.75, 3.05) is 45.6 Å². The lowest BCUT2D eigenvalue weighted by molar-refractivity contribution is 0.269. The Morgan fingerprint density at radius 3 is 1.54 bits per heavy atom. The fourth-order valence-electron chi connectivity index (χ4n) is 3.73. The highest BCUT2D eigenvalue weighted by Gasteiger charge is 2.26. The second kappa shape index (κ2) is 12.2. The van der Waals surface area contributed by atoms with Gasteiger partial charge in [0.25, 0.3) is 0 Å². The van der Waals surface area contributed by atoms with Crippen molar-refractivity contribution in [3.63, 3.8) is 0 Å². The van der Waals surface area contributed by atoms with Gasteiger partial charge in [-0.3, -0.25) is 0 Å². The molecule has 0 aliphatic heterocycles. The number of nitrogens with zero attached hydrogens (tertiary/aromatic N) is 1. The summed E-state index contributed by atoms with van der Waals surface area (Å²) in [4.78, 5) is 2.36. The van der Waals surface area contributed by atoms with Crippen molar-refractivity contribution in [2.24, 2.45) is 0 Å². The Morgan fingerprint density at radius 1 is 0.750 bits per heavy atom. The normalized spacial score (nSPS) is 13.4. The molecule has 2 aromatic carbocycles. The first kappa shape index (κ1) is 22.9. The molecule has 2 rings (SSSR count). The maximum absolute atomic E-state index is 6.05. The number of hydrogen-bond acceptors (Lipinski definition) is 3. The third kappa shape index (κ3) is 6.30. The fourth-order valence-corrected chi connectivity index (χ4v) is 4.21. The summed E-state index contributed by atoms with van der Waals surface area (Å²) in [6.07, 6.45) is 1.04. The summed E-state index contributed by atoms with van der Waals surface area (Å²) < 4.78 is 10.7. The van der Waals surface area contributed by atoms with Crippen LogP contribution >= 0.6 is 23.2 Å². The van der Waals surface area contributed by atoms with Crippen molar-refractivity contribution in [3.05, 3.63) is 59.7 Å². The topological polar surface area (TPSA) is 21.7 Å². The highest BCUT2D eigenvalue weighted by molar-refractivity contribution is 6.18. The fraction of sp³-hybridized carbons (Fsp3) is 0.478. The predicted molar refractivity (Wildman–Crippen MR) is 120 cm³/mol. The van der Waals surface area contributed by atoms with Gasteiger partial charge >= 0.3 is 0 Å². The van der Waals surface area contributed by atoms with Crippen molar-refractivity contribution in [1.82, 2.24) is 4.90 Å². The van der Waals surface area contributed by atoms with Crippen LogP contribution in [0.4, 0.5) is 0 Å². The first-order valence-electron chi connectivity index (χ1n) is 9.78. The smallest absolute Gasteiger partial charge is 0.118 e. The molecule has 0 aliphatic carbocycles. The quantitative estimate of drug-likeness (QED) is 0.405. The lowest BCUT2D eigenvalue weighted by atomic mass is 9.79. The second-order valence-electron chi connectivity index (χ2n) is 6.85. The minimum atomic E-state index is 0.329. The van der Waals surface area contributed by atoms with E-state index in [4.69, 9.17) is 32.7 Å². The zero-order valence-corrected chi connectivity index (χ0v) is 18.5. The van der Waals surface area contributed by atoms with Crippen LogP contribution in [0.3, 0.4) is 0 Å². The van der Waals surface area contributed by atoms with Gasteiger partial charge in [0.1, 0.15) is 11.5 Å². The molecule has 2 atom stereocenters. The van der Waals surface area contributed by atoms with Crippen molar-refractivity contribution in [1.29, 1.82) is 0 Å². The van der Waals surface area contributed by atoms with Crippen molar-refractivity contribution in [2.45, 2.75) is 25.2 Å². The average molecular weight is 424 g/mol. The van der Waals surface area contributed by atoms with E-state index in [1.807, 2.05) is 24.3 Å². The van der Waals surface area contributed by atoms with Crippen LogP contribution in [0.2, 0.25) is 0 Å². The summed E-state index contributed by atoms with van der Waals surface area (Å²) in [5, 5.41) is 0. The molecule has 0 N–H and O–H groups in total. The SMILES string of the molecule is CC[C@H](c1ccc(OC)cc1)[C@H](CN(CCCl)CCCl)c1ccc(OC)cc1. The molecular weight excluding hydrogens is 393 g/mol. The van der Waals surface area contributed by atoms with E-state index in [9.17, 15) is 0 Å². The van der Waals surface area contributed by atoms with Crippen molar-refractivity contribution < 1.29 is 9.47 Å². The van der Waals surface area contributed by atoms with Gasteiger partial charge in [-0.25, -0.2) is 0 Å². The number of halogens is 2. The molecule has 5 heteroatoms. The molecule has 154 valence electrons. The third-order valence-corrected chi connectivity index (χ3v) is 5.61. The van der Waals surface area contributed by atoms with Crippen LogP contribution < -0.4 is 9.47 Å².